The van der Waals surface area contributed by atoms with Gasteiger partial charge in [-0.05, 0) is 66.0 Å². The van der Waals surface area contributed by atoms with Crippen molar-refractivity contribution in [3.05, 3.63) is 28.8 Å². The fourth-order valence-electron chi connectivity index (χ4n) is 6.67. The number of piperidine rings is 1. The zero-order valence-corrected chi connectivity index (χ0v) is 20.5. The van der Waals surface area contributed by atoms with Gasteiger partial charge in [-0.25, -0.2) is 0 Å². The normalized spacial score (nSPS) is 31.7. The van der Waals surface area contributed by atoms with E-state index in [2.05, 4.69) is 58.6 Å². The van der Waals surface area contributed by atoms with Crippen molar-refractivity contribution in [2.45, 2.75) is 96.9 Å². The first-order chi connectivity index (χ1) is 14.8. The second-order valence-electron chi connectivity index (χ2n) is 12.2. The first-order valence-corrected chi connectivity index (χ1v) is 12.2. The average Bonchev–Trinajstić information content (AvgIpc) is 2.70. The lowest BCUT2D eigenvalue weighted by atomic mass is 9.50. The van der Waals surface area contributed by atoms with Gasteiger partial charge in [0, 0.05) is 23.9 Å². The van der Waals surface area contributed by atoms with Gasteiger partial charge in [-0.2, -0.15) is 0 Å². The van der Waals surface area contributed by atoms with Gasteiger partial charge in [-0.15, -0.1) is 0 Å². The van der Waals surface area contributed by atoms with E-state index in [4.69, 9.17) is 0 Å². The van der Waals surface area contributed by atoms with Crippen LogP contribution in [0.2, 0.25) is 0 Å². The number of likely N-dealkylation sites (tertiary alicyclic amines) is 1. The highest BCUT2D eigenvalue weighted by atomic mass is 16.4. The maximum Gasteiger partial charge on any atom is 0.306 e. The minimum absolute atomic E-state index is 0.0274. The Morgan fingerprint density at radius 3 is 2.19 bits per heavy atom. The molecular weight excluding hydrogens is 402 g/mol. The molecule has 1 aromatic rings. The van der Waals surface area contributed by atoms with Crippen molar-refractivity contribution in [2.75, 3.05) is 6.54 Å². The number of fused-ring (bicyclic) bond motifs is 4. The molecule has 4 rings (SSSR count). The lowest BCUT2D eigenvalue weighted by molar-refractivity contribution is -0.152. The van der Waals surface area contributed by atoms with Crippen LogP contribution in [0.15, 0.2) is 12.1 Å². The molecule has 2 atom stereocenters. The molecule has 5 heteroatoms. The van der Waals surface area contributed by atoms with Crippen LogP contribution in [0, 0.1) is 17.3 Å². The number of carbonyl (C=O) groups excluding carboxylic acids is 1. The number of phenols is 1. The van der Waals surface area contributed by atoms with E-state index in [-0.39, 0.29) is 40.0 Å². The molecule has 2 fully saturated rings. The molecule has 2 bridgehead atoms. The van der Waals surface area contributed by atoms with E-state index in [9.17, 15) is 19.8 Å². The molecule has 1 heterocycles. The molecule has 0 spiro atoms. The Labute approximate surface area is 192 Å². The van der Waals surface area contributed by atoms with Crippen molar-refractivity contribution in [3.8, 4) is 5.75 Å². The summed E-state index contributed by atoms with van der Waals surface area (Å²) in [5, 5.41) is 20.6. The summed E-state index contributed by atoms with van der Waals surface area (Å²) < 4.78 is 0. The number of carbonyl (C=O) groups is 2. The third kappa shape index (κ3) is 3.34. The van der Waals surface area contributed by atoms with Crippen LogP contribution in [0.5, 0.6) is 5.75 Å². The summed E-state index contributed by atoms with van der Waals surface area (Å²) in [6.45, 7) is 13.9. The number of phenolic OH excluding ortho intramolecular Hbond substituents is 1. The standard InChI is InChI=1S/C27H39NO4/c1-25(2,3)20-12-11-19-18(22(20)29)15-21-26(4,5)27(19,6)13-14-28(21)23(30)16-7-9-17(10-8-16)24(31)32/h11-12,16-17,21,29H,7-10,13-15H2,1-6H3,(H,31,32)/t16?,17?,21-,27-/m0/s1. The summed E-state index contributed by atoms with van der Waals surface area (Å²) in [4.78, 5) is 27.1. The quantitative estimate of drug-likeness (QED) is 0.675. The Morgan fingerprint density at radius 1 is 1.03 bits per heavy atom. The second-order valence-corrected chi connectivity index (χ2v) is 12.2. The molecular formula is C27H39NO4. The number of aliphatic carboxylic acids is 1. The van der Waals surface area contributed by atoms with Gasteiger partial charge in [0.2, 0.25) is 5.91 Å². The molecule has 1 aromatic carbocycles. The number of carboxylic acid groups (broad SMARTS) is 1. The number of amides is 1. The zero-order valence-electron chi connectivity index (χ0n) is 20.5. The molecule has 0 radical (unpaired) electrons. The summed E-state index contributed by atoms with van der Waals surface area (Å²) in [5.41, 5.74) is 2.82. The topological polar surface area (TPSA) is 77.8 Å². The molecule has 0 aromatic heterocycles. The van der Waals surface area contributed by atoms with E-state index in [1.54, 1.807) is 0 Å². The minimum atomic E-state index is -0.736. The van der Waals surface area contributed by atoms with Gasteiger partial charge in [0.05, 0.1) is 5.92 Å². The van der Waals surface area contributed by atoms with Gasteiger partial charge in [0.15, 0.2) is 0 Å². The van der Waals surface area contributed by atoms with Crippen molar-refractivity contribution < 1.29 is 19.8 Å². The van der Waals surface area contributed by atoms with Gasteiger partial charge in [0.25, 0.3) is 0 Å². The van der Waals surface area contributed by atoms with Gasteiger partial charge in [0.1, 0.15) is 5.75 Å². The molecule has 0 unspecified atom stereocenters. The van der Waals surface area contributed by atoms with E-state index in [0.717, 1.165) is 24.1 Å². The molecule has 1 saturated heterocycles. The minimum Gasteiger partial charge on any atom is -0.507 e. The van der Waals surface area contributed by atoms with E-state index in [1.165, 1.54) is 5.56 Å². The molecule has 1 amide bonds. The molecule has 1 saturated carbocycles. The third-order valence-electron chi connectivity index (χ3n) is 9.28. The molecule has 2 aliphatic carbocycles. The van der Waals surface area contributed by atoms with Crippen LogP contribution in [0.4, 0.5) is 0 Å². The maximum atomic E-state index is 13.7. The Bertz CT molecular complexity index is 936. The number of carboxylic acids is 1. The van der Waals surface area contributed by atoms with Gasteiger partial charge in [-0.1, -0.05) is 53.7 Å². The van der Waals surface area contributed by atoms with Crippen LogP contribution >= 0.6 is 0 Å². The highest BCUT2D eigenvalue weighted by Crippen LogP contribution is 2.58. The summed E-state index contributed by atoms with van der Waals surface area (Å²) in [7, 11) is 0. The van der Waals surface area contributed by atoms with Crippen molar-refractivity contribution >= 4 is 11.9 Å². The molecule has 3 aliphatic rings. The Morgan fingerprint density at radius 2 is 1.62 bits per heavy atom. The highest BCUT2D eigenvalue weighted by molar-refractivity contribution is 5.80. The van der Waals surface area contributed by atoms with Crippen LogP contribution < -0.4 is 0 Å². The summed E-state index contributed by atoms with van der Waals surface area (Å²) in [6.07, 6.45) is 4.03. The van der Waals surface area contributed by atoms with Crippen LogP contribution in [0.1, 0.15) is 90.3 Å². The first kappa shape index (κ1) is 23.1. The number of benzene rings is 1. The predicted molar refractivity (Wildman–Crippen MR) is 125 cm³/mol. The zero-order chi connectivity index (χ0) is 23.6. The van der Waals surface area contributed by atoms with Crippen LogP contribution in [-0.2, 0) is 26.8 Å². The van der Waals surface area contributed by atoms with Gasteiger partial charge < -0.3 is 15.1 Å². The van der Waals surface area contributed by atoms with Crippen molar-refractivity contribution in [2.24, 2.45) is 17.3 Å². The van der Waals surface area contributed by atoms with E-state index in [0.29, 0.717) is 37.9 Å². The van der Waals surface area contributed by atoms with Gasteiger partial charge in [-0.3, -0.25) is 9.59 Å². The number of rotatable bonds is 2. The Balaban J connectivity index is 1.67. The molecule has 5 nitrogen and oxygen atoms in total. The number of nitrogens with zero attached hydrogens (tertiary/aromatic N) is 1. The predicted octanol–water partition coefficient (Wildman–Crippen LogP) is 5.02. The fraction of sp³-hybridized carbons (Fsp3) is 0.704. The smallest absolute Gasteiger partial charge is 0.306 e. The number of aromatic hydroxyl groups is 1. The SMILES string of the molecule is CC(C)(C)c1ccc2c(c1O)C[C@@H]1N(C(=O)C3CCC(C(=O)O)CC3)CC[C@]2(C)C1(C)C. The van der Waals surface area contributed by atoms with Crippen molar-refractivity contribution in [1.82, 2.24) is 4.90 Å². The third-order valence-corrected chi connectivity index (χ3v) is 9.28. The average molecular weight is 442 g/mol. The van der Waals surface area contributed by atoms with Crippen LogP contribution in [-0.4, -0.2) is 39.6 Å². The lowest BCUT2D eigenvalue weighted by Gasteiger charge is -2.61. The number of hydrogen-bond acceptors (Lipinski definition) is 3. The summed E-state index contributed by atoms with van der Waals surface area (Å²) in [5.74, 6) is -0.544. The molecule has 1 aliphatic heterocycles. The van der Waals surface area contributed by atoms with E-state index in [1.807, 2.05) is 0 Å². The Hall–Kier alpha value is -2.04. The second kappa shape index (κ2) is 7.50. The van der Waals surface area contributed by atoms with Gasteiger partial charge >= 0.3 is 5.97 Å². The van der Waals surface area contributed by atoms with Crippen molar-refractivity contribution in [3.63, 3.8) is 0 Å². The lowest BCUT2D eigenvalue weighted by Crippen LogP contribution is -2.65. The number of hydrogen-bond donors (Lipinski definition) is 2. The fourth-order valence-corrected chi connectivity index (χ4v) is 6.67. The summed E-state index contributed by atoms with van der Waals surface area (Å²) >= 11 is 0. The van der Waals surface area contributed by atoms with E-state index < -0.39 is 5.97 Å². The molecule has 176 valence electrons. The van der Waals surface area contributed by atoms with Crippen LogP contribution in [0.3, 0.4) is 0 Å². The maximum absolute atomic E-state index is 13.7. The van der Waals surface area contributed by atoms with E-state index >= 15 is 0 Å². The molecule has 32 heavy (non-hydrogen) atoms. The first-order valence-electron chi connectivity index (χ1n) is 12.2. The highest BCUT2D eigenvalue weighted by Gasteiger charge is 2.58. The molecule has 2 N–H and O–H groups in total. The summed E-state index contributed by atoms with van der Waals surface area (Å²) in [6, 6.07) is 4.34. The monoisotopic (exact) mass is 441 g/mol. The van der Waals surface area contributed by atoms with Crippen LogP contribution in [0.25, 0.3) is 0 Å². The largest absolute Gasteiger partial charge is 0.507 e. The van der Waals surface area contributed by atoms with Crippen molar-refractivity contribution in [1.29, 1.82) is 0 Å². The Kier molecular flexibility index (Phi) is 5.42.